The lowest BCUT2D eigenvalue weighted by Crippen LogP contribution is -2.46. The van der Waals surface area contributed by atoms with Gasteiger partial charge in [0.05, 0.1) is 17.8 Å². The minimum Gasteiger partial charge on any atom is -0.379 e. The number of carbonyl (C=O) groups is 1. The van der Waals surface area contributed by atoms with Gasteiger partial charge in [-0.25, -0.2) is 8.42 Å². The maximum atomic E-state index is 12.1. The van der Waals surface area contributed by atoms with Crippen LogP contribution in [0.3, 0.4) is 0 Å². The second-order valence-electron chi connectivity index (χ2n) is 4.78. The zero-order valence-electron chi connectivity index (χ0n) is 10.5. The van der Waals surface area contributed by atoms with Crippen molar-refractivity contribution in [1.82, 2.24) is 15.5 Å². The van der Waals surface area contributed by atoms with Gasteiger partial charge in [-0.1, -0.05) is 0 Å². The minimum atomic E-state index is -4.03. The number of aryl methyl sites for hydroxylation is 1. The van der Waals surface area contributed by atoms with E-state index in [1.807, 2.05) is 6.92 Å². The number of nitrogens with one attached hydrogen (secondary N) is 2. The van der Waals surface area contributed by atoms with Crippen LogP contribution in [0.5, 0.6) is 0 Å². The molecule has 1 unspecified atom stereocenters. The molecular weight excluding hydrogens is 294 g/mol. The molecule has 0 aliphatic carbocycles. The Labute approximate surface area is 115 Å². The van der Waals surface area contributed by atoms with Gasteiger partial charge >= 0.3 is 0 Å². The molecule has 7 nitrogen and oxygen atoms in total. The predicted molar refractivity (Wildman–Crippen MR) is 67.7 cm³/mol. The largest absolute Gasteiger partial charge is 0.379 e. The summed E-state index contributed by atoms with van der Waals surface area (Å²) in [5.74, 6) is -0.587. The van der Waals surface area contributed by atoms with Gasteiger partial charge in [0, 0.05) is 17.3 Å². The lowest BCUT2D eigenvalue weighted by atomic mass is 10.0. The first kappa shape index (κ1) is 14.3. The van der Waals surface area contributed by atoms with Crippen LogP contribution in [0.4, 0.5) is 0 Å². The van der Waals surface area contributed by atoms with Crippen LogP contribution in [0.25, 0.3) is 0 Å². The van der Waals surface area contributed by atoms with E-state index in [2.05, 4.69) is 15.5 Å². The SMILES string of the molecule is Cc1[nH]nc(C(=O)NC2(C)CCOC2)c1S(=O)(=O)Cl. The molecule has 2 rings (SSSR count). The van der Waals surface area contributed by atoms with E-state index in [1.165, 1.54) is 6.92 Å². The van der Waals surface area contributed by atoms with E-state index in [0.29, 0.717) is 19.6 Å². The van der Waals surface area contributed by atoms with Gasteiger partial charge in [-0.2, -0.15) is 5.10 Å². The first-order chi connectivity index (χ1) is 8.73. The number of hydrogen-bond donors (Lipinski definition) is 2. The number of aromatic nitrogens is 2. The normalized spacial score (nSPS) is 23.5. The maximum absolute atomic E-state index is 12.1. The second-order valence-corrected chi connectivity index (χ2v) is 7.28. The zero-order chi connectivity index (χ0) is 14.3. The Morgan fingerprint density at radius 1 is 1.58 bits per heavy atom. The number of H-pyrrole nitrogens is 1. The van der Waals surface area contributed by atoms with Crippen molar-refractivity contribution in [2.45, 2.75) is 30.7 Å². The van der Waals surface area contributed by atoms with Crippen LogP contribution in [0.15, 0.2) is 4.90 Å². The zero-order valence-corrected chi connectivity index (χ0v) is 12.1. The highest BCUT2D eigenvalue weighted by Gasteiger charge is 2.34. The Kier molecular flexibility index (Phi) is 3.59. The molecule has 2 heterocycles. The molecule has 9 heteroatoms. The topological polar surface area (TPSA) is 101 Å². The summed E-state index contributed by atoms with van der Waals surface area (Å²) >= 11 is 0. The van der Waals surface area contributed by atoms with E-state index in [-0.39, 0.29) is 16.3 Å². The summed E-state index contributed by atoms with van der Waals surface area (Å²) in [5.41, 5.74) is -0.509. The maximum Gasteiger partial charge on any atom is 0.273 e. The first-order valence-electron chi connectivity index (χ1n) is 5.63. The summed E-state index contributed by atoms with van der Waals surface area (Å²) in [6, 6.07) is 0. The Bertz CT molecular complexity index is 604. The molecular formula is C10H14ClN3O4S. The fraction of sp³-hybridized carbons (Fsp3) is 0.600. The molecule has 1 fully saturated rings. The molecule has 1 aromatic rings. The van der Waals surface area contributed by atoms with Crippen LogP contribution in [-0.2, 0) is 13.8 Å². The Morgan fingerprint density at radius 3 is 2.79 bits per heavy atom. The molecule has 1 amide bonds. The number of halogens is 1. The van der Waals surface area contributed by atoms with Crippen molar-refractivity contribution in [3.8, 4) is 0 Å². The molecule has 19 heavy (non-hydrogen) atoms. The number of hydrogen-bond acceptors (Lipinski definition) is 5. The van der Waals surface area contributed by atoms with Gasteiger partial charge in [0.2, 0.25) is 0 Å². The second kappa shape index (κ2) is 4.77. The van der Waals surface area contributed by atoms with E-state index in [1.54, 1.807) is 0 Å². The van der Waals surface area contributed by atoms with Crippen molar-refractivity contribution in [1.29, 1.82) is 0 Å². The summed E-state index contributed by atoms with van der Waals surface area (Å²) in [6.07, 6.45) is 0.658. The van der Waals surface area contributed by atoms with E-state index >= 15 is 0 Å². The van der Waals surface area contributed by atoms with Gasteiger partial charge in [0.15, 0.2) is 5.69 Å². The van der Waals surface area contributed by atoms with Crippen LogP contribution in [-0.4, -0.2) is 43.3 Å². The quantitative estimate of drug-likeness (QED) is 0.794. The minimum absolute atomic E-state index is 0.222. The lowest BCUT2D eigenvalue weighted by Gasteiger charge is -2.22. The number of amides is 1. The molecule has 0 radical (unpaired) electrons. The summed E-state index contributed by atoms with van der Waals surface area (Å²) in [6.45, 7) is 4.24. The molecule has 1 aliphatic heterocycles. The van der Waals surface area contributed by atoms with E-state index < -0.39 is 20.5 Å². The monoisotopic (exact) mass is 307 g/mol. The van der Waals surface area contributed by atoms with Crippen molar-refractivity contribution in [3.63, 3.8) is 0 Å². The first-order valence-corrected chi connectivity index (χ1v) is 7.94. The highest BCUT2D eigenvalue weighted by Crippen LogP contribution is 2.23. The summed E-state index contributed by atoms with van der Waals surface area (Å²) in [4.78, 5) is 11.8. The highest BCUT2D eigenvalue weighted by molar-refractivity contribution is 8.13. The standard InChI is InChI=1S/C10H14ClN3O4S/c1-6-8(19(11,16)17)7(14-13-6)9(15)12-10(2)3-4-18-5-10/h3-5H2,1-2H3,(H,12,15)(H,13,14). The third-order valence-electron chi connectivity index (χ3n) is 2.98. The summed E-state index contributed by atoms with van der Waals surface area (Å²) < 4.78 is 28.1. The Hall–Kier alpha value is -1.12. The van der Waals surface area contributed by atoms with Crippen LogP contribution >= 0.6 is 10.7 Å². The average Bonchev–Trinajstić information content (AvgIpc) is 2.83. The third-order valence-corrected chi connectivity index (χ3v) is 4.43. The number of rotatable bonds is 3. The van der Waals surface area contributed by atoms with Crippen LogP contribution in [0.1, 0.15) is 29.5 Å². The van der Waals surface area contributed by atoms with Gasteiger partial charge in [0.1, 0.15) is 4.90 Å². The van der Waals surface area contributed by atoms with Crippen LogP contribution in [0, 0.1) is 6.92 Å². The summed E-state index contributed by atoms with van der Waals surface area (Å²) in [7, 11) is 1.28. The van der Waals surface area contributed by atoms with Gasteiger partial charge in [0.25, 0.3) is 15.0 Å². The van der Waals surface area contributed by atoms with Gasteiger partial charge in [-0.05, 0) is 20.3 Å². The molecule has 1 aliphatic rings. The fourth-order valence-corrected chi connectivity index (χ4v) is 3.32. The van der Waals surface area contributed by atoms with Crippen molar-refractivity contribution >= 4 is 25.6 Å². The molecule has 106 valence electrons. The molecule has 1 atom stereocenters. The number of carbonyl (C=O) groups excluding carboxylic acids is 1. The molecule has 1 aromatic heterocycles. The van der Waals surface area contributed by atoms with E-state index in [0.717, 1.165) is 0 Å². The lowest BCUT2D eigenvalue weighted by molar-refractivity contribution is 0.0881. The van der Waals surface area contributed by atoms with Crippen LogP contribution < -0.4 is 5.32 Å². The van der Waals surface area contributed by atoms with E-state index in [4.69, 9.17) is 15.4 Å². The van der Waals surface area contributed by atoms with Gasteiger partial charge < -0.3 is 10.1 Å². The van der Waals surface area contributed by atoms with Crippen LogP contribution in [0.2, 0.25) is 0 Å². The predicted octanol–water partition coefficient (Wildman–Crippen LogP) is 0.554. The molecule has 0 saturated carbocycles. The van der Waals surface area contributed by atoms with Gasteiger partial charge in [-0.15, -0.1) is 0 Å². The molecule has 0 aromatic carbocycles. The number of nitrogens with zero attached hydrogens (tertiary/aromatic N) is 1. The third kappa shape index (κ3) is 2.90. The van der Waals surface area contributed by atoms with E-state index in [9.17, 15) is 13.2 Å². The van der Waals surface area contributed by atoms with Crippen molar-refractivity contribution in [2.75, 3.05) is 13.2 Å². The van der Waals surface area contributed by atoms with Gasteiger partial charge in [-0.3, -0.25) is 9.89 Å². The van der Waals surface area contributed by atoms with Crippen molar-refractivity contribution in [2.24, 2.45) is 0 Å². The average molecular weight is 308 g/mol. The molecule has 2 N–H and O–H groups in total. The van der Waals surface area contributed by atoms with Crippen molar-refractivity contribution < 1.29 is 17.9 Å². The highest BCUT2D eigenvalue weighted by atomic mass is 35.7. The smallest absolute Gasteiger partial charge is 0.273 e. The fourth-order valence-electron chi connectivity index (χ4n) is 1.97. The summed E-state index contributed by atoms with van der Waals surface area (Å²) in [5, 5.41) is 8.90. The molecule has 0 bridgehead atoms. The Morgan fingerprint density at radius 2 is 2.26 bits per heavy atom. The Balaban J connectivity index is 2.30. The van der Waals surface area contributed by atoms with Crippen molar-refractivity contribution in [3.05, 3.63) is 11.4 Å². The molecule has 0 spiro atoms. The molecule has 1 saturated heterocycles. The number of aromatic amines is 1. The number of ether oxygens (including phenoxy) is 1.